The summed E-state index contributed by atoms with van der Waals surface area (Å²) >= 11 is 5.84. The number of amides is 2. The Morgan fingerprint density at radius 3 is 2.30 bits per heavy atom. The van der Waals surface area contributed by atoms with Crippen molar-refractivity contribution in [3.8, 4) is 5.75 Å². The Hall–Kier alpha value is -2.87. The van der Waals surface area contributed by atoms with Crippen LogP contribution in [0.1, 0.15) is 17.4 Å². The first-order valence-corrected chi connectivity index (χ1v) is 8.88. The number of benzene rings is 1. The molecule has 1 N–H and O–H groups in total. The second-order valence-corrected chi connectivity index (χ2v) is 6.57. The van der Waals surface area contributed by atoms with Crippen LogP contribution < -0.4 is 10.3 Å². The first-order chi connectivity index (χ1) is 12.9. The lowest BCUT2D eigenvalue weighted by Gasteiger charge is -2.35. The van der Waals surface area contributed by atoms with Gasteiger partial charge in [-0.3, -0.25) is 14.4 Å². The zero-order valence-electron chi connectivity index (χ0n) is 14.7. The van der Waals surface area contributed by atoms with Crippen LogP contribution in [0.3, 0.4) is 0 Å². The molecule has 2 heterocycles. The molecule has 0 bridgehead atoms. The van der Waals surface area contributed by atoms with Crippen LogP contribution in [-0.2, 0) is 4.79 Å². The molecule has 27 heavy (non-hydrogen) atoms. The van der Waals surface area contributed by atoms with Crippen molar-refractivity contribution < 1.29 is 14.3 Å². The van der Waals surface area contributed by atoms with Crippen LogP contribution in [0.5, 0.6) is 5.75 Å². The zero-order chi connectivity index (χ0) is 19.4. The number of halogens is 1. The maximum Gasteiger partial charge on any atom is 0.274 e. The molecule has 1 aromatic heterocycles. The summed E-state index contributed by atoms with van der Waals surface area (Å²) in [6, 6.07) is 9.46. The van der Waals surface area contributed by atoms with Gasteiger partial charge in [0.15, 0.2) is 6.10 Å². The molecule has 1 unspecified atom stereocenters. The van der Waals surface area contributed by atoms with E-state index < -0.39 is 6.10 Å². The largest absolute Gasteiger partial charge is 0.481 e. The minimum absolute atomic E-state index is 0.140. The van der Waals surface area contributed by atoms with Crippen LogP contribution in [0.25, 0.3) is 0 Å². The fourth-order valence-corrected chi connectivity index (χ4v) is 2.91. The van der Waals surface area contributed by atoms with Gasteiger partial charge in [-0.15, -0.1) is 0 Å². The Kier molecular flexibility index (Phi) is 5.75. The molecule has 1 fully saturated rings. The van der Waals surface area contributed by atoms with E-state index in [0.29, 0.717) is 37.0 Å². The average molecular weight is 391 g/mol. The number of ether oxygens (including phenoxy) is 1. The minimum atomic E-state index is -0.644. The van der Waals surface area contributed by atoms with Crippen molar-refractivity contribution in [2.75, 3.05) is 26.2 Å². The molecule has 1 aliphatic rings. The molecule has 0 spiro atoms. The van der Waals surface area contributed by atoms with E-state index in [1.165, 1.54) is 12.1 Å². The molecule has 8 nitrogen and oxygen atoms in total. The summed E-state index contributed by atoms with van der Waals surface area (Å²) in [6.07, 6.45) is -0.644. The second-order valence-electron chi connectivity index (χ2n) is 6.14. The Morgan fingerprint density at radius 2 is 1.70 bits per heavy atom. The van der Waals surface area contributed by atoms with Crippen molar-refractivity contribution in [2.45, 2.75) is 13.0 Å². The van der Waals surface area contributed by atoms with Crippen molar-refractivity contribution in [1.29, 1.82) is 0 Å². The summed E-state index contributed by atoms with van der Waals surface area (Å²) in [4.78, 5) is 39.3. The van der Waals surface area contributed by atoms with Gasteiger partial charge in [-0.2, -0.15) is 5.10 Å². The lowest BCUT2D eigenvalue weighted by Crippen LogP contribution is -2.53. The molecule has 9 heteroatoms. The number of nitrogens with zero attached hydrogens (tertiary/aromatic N) is 3. The molecule has 2 aromatic rings. The highest BCUT2D eigenvalue weighted by Crippen LogP contribution is 2.18. The summed E-state index contributed by atoms with van der Waals surface area (Å²) in [5.41, 5.74) is -0.189. The van der Waals surface area contributed by atoms with Crippen LogP contribution in [0.4, 0.5) is 0 Å². The number of nitrogens with one attached hydrogen (secondary N) is 1. The van der Waals surface area contributed by atoms with Crippen molar-refractivity contribution in [2.24, 2.45) is 0 Å². The van der Waals surface area contributed by atoms with Crippen molar-refractivity contribution in [1.82, 2.24) is 20.0 Å². The second kappa shape index (κ2) is 8.22. The predicted octanol–water partition coefficient (Wildman–Crippen LogP) is 1.18. The lowest BCUT2D eigenvalue weighted by atomic mass is 10.2. The molecule has 0 radical (unpaired) electrons. The van der Waals surface area contributed by atoms with E-state index in [-0.39, 0.29) is 23.1 Å². The number of carbonyl (C=O) groups excluding carboxylic acids is 2. The minimum Gasteiger partial charge on any atom is -0.481 e. The first kappa shape index (κ1) is 18.9. The molecule has 2 amide bonds. The number of aromatic amines is 1. The summed E-state index contributed by atoms with van der Waals surface area (Å²) in [6.45, 7) is 3.28. The normalized spacial score (nSPS) is 15.3. The highest BCUT2D eigenvalue weighted by atomic mass is 35.5. The summed E-state index contributed by atoms with van der Waals surface area (Å²) in [5.74, 6) is 0.154. The van der Waals surface area contributed by atoms with E-state index in [2.05, 4.69) is 10.2 Å². The van der Waals surface area contributed by atoms with Crippen LogP contribution in [0.15, 0.2) is 41.2 Å². The number of aromatic nitrogens is 2. The monoisotopic (exact) mass is 390 g/mol. The number of hydrogen-bond acceptors (Lipinski definition) is 5. The van der Waals surface area contributed by atoms with Gasteiger partial charge in [-0.25, -0.2) is 5.10 Å². The van der Waals surface area contributed by atoms with Gasteiger partial charge in [0.1, 0.15) is 11.4 Å². The van der Waals surface area contributed by atoms with E-state index in [4.69, 9.17) is 16.3 Å². The van der Waals surface area contributed by atoms with Crippen molar-refractivity contribution >= 4 is 23.4 Å². The number of rotatable bonds is 4. The zero-order valence-corrected chi connectivity index (χ0v) is 15.5. The Balaban J connectivity index is 1.54. The fraction of sp³-hybridized carbons (Fsp3) is 0.333. The third kappa shape index (κ3) is 4.65. The topological polar surface area (TPSA) is 95.6 Å². The molecule has 0 saturated carbocycles. The van der Waals surface area contributed by atoms with E-state index >= 15 is 0 Å². The van der Waals surface area contributed by atoms with E-state index in [1.54, 1.807) is 41.0 Å². The first-order valence-electron chi connectivity index (χ1n) is 8.50. The van der Waals surface area contributed by atoms with Gasteiger partial charge in [0.2, 0.25) is 0 Å². The van der Waals surface area contributed by atoms with E-state index in [1.807, 2.05) is 0 Å². The summed E-state index contributed by atoms with van der Waals surface area (Å²) in [5, 5.41) is 6.59. The highest BCUT2D eigenvalue weighted by Gasteiger charge is 2.28. The Labute approximate surface area is 160 Å². The fourth-order valence-electron chi connectivity index (χ4n) is 2.78. The third-order valence-corrected chi connectivity index (χ3v) is 4.50. The maximum atomic E-state index is 12.6. The molecule has 142 valence electrons. The van der Waals surface area contributed by atoms with Gasteiger partial charge in [-0.05, 0) is 37.3 Å². The molecule has 0 aliphatic carbocycles. The Bertz CT molecular complexity index is 855. The molecule has 1 aliphatic heterocycles. The molecule has 3 rings (SSSR count). The maximum absolute atomic E-state index is 12.6. The van der Waals surface area contributed by atoms with Gasteiger partial charge in [-0.1, -0.05) is 11.6 Å². The predicted molar refractivity (Wildman–Crippen MR) is 98.9 cm³/mol. The molecule has 1 aromatic carbocycles. The van der Waals surface area contributed by atoms with Gasteiger partial charge >= 0.3 is 0 Å². The molecular weight excluding hydrogens is 372 g/mol. The highest BCUT2D eigenvalue weighted by molar-refractivity contribution is 6.30. The summed E-state index contributed by atoms with van der Waals surface area (Å²) in [7, 11) is 0. The molecule has 1 saturated heterocycles. The van der Waals surface area contributed by atoms with Gasteiger partial charge in [0.05, 0.1) is 0 Å². The van der Waals surface area contributed by atoms with Crippen LogP contribution >= 0.6 is 11.6 Å². The third-order valence-electron chi connectivity index (χ3n) is 4.25. The van der Waals surface area contributed by atoms with E-state index in [9.17, 15) is 14.4 Å². The SMILES string of the molecule is CC(Oc1ccc(Cl)cc1)C(=O)N1CCN(C(=O)c2ccc(=O)[nH]n2)CC1. The number of H-pyrrole nitrogens is 1. The molecule has 1 atom stereocenters. The number of piperazine rings is 1. The van der Waals surface area contributed by atoms with Crippen LogP contribution in [0.2, 0.25) is 5.02 Å². The van der Waals surface area contributed by atoms with E-state index in [0.717, 1.165) is 0 Å². The van der Waals surface area contributed by atoms with Crippen molar-refractivity contribution in [3.63, 3.8) is 0 Å². The standard InChI is InChI=1S/C18H19ClN4O4/c1-12(27-14-4-2-13(19)3-5-14)17(25)22-8-10-23(11-9-22)18(26)15-6-7-16(24)21-20-15/h2-7,12H,8-11H2,1H3,(H,21,24). The van der Waals surface area contributed by atoms with Crippen molar-refractivity contribution in [3.05, 3.63) is 57.5 Å². The van der Waals surface area contributed by atoms with Gasteiger partial charge < -0.3 is 14.5 Å². The average Bonchev–Trinajstić information content (AvgIpc) is 2.69. The molecular formula is C18H19ClN4O4. The Morgan fingerprint density at radius 1 is 1.07 bits per heavy atom. The quantitative estimate of drug-likeness (QED) is 0.845. The van der Waals surface area contributed by atoms with Crippen LogP contribution in [0, 0.1) is 0 Å². The smallest absolute Gasteiger partial charge is 0.274 e. The van der Waals surface area contributed by atoms with Gasteiger partial charge in [0.25, 0.3) is 17.4 Å². The number of carbonyl (C=O) groups is 2. The van der Waals surface area contributed by atoms with Crippen LogP contribution in [-0.4, -0.2) is 64.1 Å². The lowest BCUT2D eigenvalue weighted by molar-refractivity contribution is -0.139. The van der Waals surface area contributed by atoms with Gasteiger partial charge in [0, 0.05) is 37.3 Å². The summed E-state index contributed by atoms with van der Waals surface area (Å²) < 4.78 is 5.67. The number of hydrogen-bond donors (Lipinski definition) is 1.